The van der Waals surface area contributed by atoms with E-state index in [2.05, 4.69) is 12.2 Å². The molecule has 0 aromatic heterocycles. The largest absolute Gasteiger partial charge is 0.351 e. The molecule has 0 saturated heterocycles. The lowest BCUT2D eigenvalue weighted by molar-refractivity contribution is 0.0945. The molecule has 0 spiro atoms. The van der Waals surface area contributed by atoms with Crippen LogP contribution in [0.25, 0.3) is 0 Å². The lowest BCUT2D eigenvalue weighted by Gasteiger charge is -2.13. The molecule has 0 radical (unpaired) electrons. The maximum atomic E-state index is 12.2. The lowest BCUT2D eigenvalue weighted by Crippen LogP contribution is -2.29. The molecular formula is C14H18ClNO3S. The summed E-state index contributed by atoms with van der Waals surface area (Å²) in [4.78, 5) is 12.2. The van der Waals surface area contributed by atoms with Gasteiger partial charge in [-0.05, 0) is 42.4 Å². The van der Waals surface area contributed by atoms with E-state index in [1.165, 1.54) is 12.1 Å². The zero-order valence-corrected chi connectivity index (χ0v) is 13.1. The van der Waals surface area contributed by atoms with Crippen LogP contribution in [-0.2, 0) is 15.5 Å². The van der Waals surface area contributed by atoms with Gasteiger partial charge >= 0.3 is 0 Å². The normalized spacial score (nSPS) is 16.8. The summed E-state index contributed by atoms with van der Waals surface area (Å²) in [5.74, 6) is -0.239. The Labute approximate surface area is 123 Å². The standard InChI is InChI=1S/C14H18ClNO3S/c1-3-10-4-5-11(20(15,18)19)8-12(10)13(17)16-9-14(2)6-7-14/h4-5,8H,3,6-7,9H2,1-2H3,(H,16,17). The van der Waals surface area contributed by atoms with Crippen molar-refractivity contribution in [2.24, 2.45) is 5.41 Å². The van der Waals surface area contributed by atoms with Crippen LogP contribution in [0.4, 0.5) is 0 Å². The molecule has 0 aliphatic heterocycles. The topological polar surface area (TPSA) is 63.2 Å². The predicted octanol–water partition coefficient (Wildman–Crippen LogP) is 2.71. The zero-order chi connectivity index (χ0) is 15.0. The second kappa shape index (κ2) is 5.37. The minimum absolute atomic E-state index is 0.0425. The van der Waals surface area contributed by atoms with E-state index in [1.807, 2.05) is 6.92 Å². The number of halogens is 1. The molecule has 1 aromatic rings. The van der Waals surface area contributed by atoms with Crippen molar-refractivity contribution in [3.63, 3.8) is 0 Å². The summed E-state index contributed by atoms with van der Waals surface area (Å²) < 4.78 is 22.7. The Bertz CT molecular complexity index is 636. The van der Waals surface area contributed by atoms with Gasteiger partial charge in [-0.25, -0.2) is 8.42 Å². The average Bonchev–Trinajstić information content (AvgIpc) is 3.12. The summed E-state index contributed by atoms with van der Waals surface area (Å²) in [6.07, 6.45) is 2.89. The van der Waals surface area contributed by atoms with Gasteiger partial charge in [-0.15, -0.1) is 0 Å². The van der Waals surface area contributed by atoms with Crippen LogP contribution in [0.1, 0.15) is 42.6 Å². The van der Waals surface area contributed by atoms with E-state index >= 15 is 0 Å². The van der Waals surface area contributed by atoms with Crippen LogP contribution in [0.15, 0.2) is 23.1 Å². The van der Waals surface area contributed by atoms with Gasteiger partial charge in [0, 0.05) is 22.8 Å². The molecule has 1 amide bonds. The van der Waals surface area contributed by atoms with E-state index in [4.69, 9.17) is 10.7 Å². The molecule has 1 N–H and O–H groups in total. The number of hydrogen-bond acceptors (Lipinski definition) is 3. The van der Waals surface area contributed by atoms with Crippen LogP contribution in [-0.4, -0.2) is 20.9 Å². The maximum Gasteiger partial charge on any atom is 0.261 e. The second-order valence-electron chi connectivity index (χ2n) is 5.60. The van der Waals surface area contributed by atoms with Crippen molar-refractivity contribution in [2.75, 3.05) is 6.54 Å². The fourth-order valence-corrected chi connectivity index (χ4v) is 2.78. The summed E-state index contributed by atoms with van der Waals surface area (Å²) >= 11 is 0. The van der Waals surface area contributed by atoms with Gasteiger partial charge in [0.05, 0.1) is 4.90 Å². The molecule has 0 unspecified atom stereocenters. The third-order valence-electron chi connectivity index (χ3n) is 3.77. The molecule has 0 bridgehead atoms. The van der Waals surface area contributed by atoms with E-state index < -0.39 is 9.05 Å². The molecule has 6 heteroatoms. The number of rotatable bonds is 5. The van der Waals surface area contributed by atoms with Gasteiger partial charge in [-0.2, -0.15) is 0 Å². The Morgan fingerprint density at radius 3 is 2.55 bits per heavy atom. The molecule has 0 atom stereocenters. The van der Waals surface area contributed by atoms with Crippen molar-refractivity contribution in [3.05, 3.63) is 29.3 Å². The van der Waals surface area contributed by atoms with E-state index in [-0.39, 0.29) is 16.2 Å². The Kier molecular flexibility index (Phi) is 4.12. The molecule has 20 heavy (non-hydrogen) atoms. The molecule has 110 valence electrons. The summed E-state index contributed by atoms with van der Waals surface area (Å²) in [5.41, 5.74) is 1.41. The molecule has 2 rings (SSSR count). The van der Waals surface area contributed by atoms with Gasteiger partial charge in [0.15, 0.2) is 0 Å². The number of benzene rings is 1. The number of amides is 1. The van der Waals surface area contributed by atoms with E-state index in [9.17, 15) is 13.2 Å². The van der Waals surface area contributed by atoms with Crippen LogP contribution < -0.4 is 5.32 Å². The number of nitrogens with one attached hydrogen (secondary N) is 1. The Morgan fingerprint density at radius 2 is 2.05 bits per heavy atom. The Hall–Kier alpha value is -1.07. The number of aryl methyl sites for hydroxylation is 1. The van der Waals surface area contributed by atoms with E-state index in [0.717, 1.165) is 18.4 Å². The van der Waals surface area contributed by atoms with Crippen LogP contribution in [0, 0.1) is 5.41 Å². The summed E-state index contributed by atoms with van der Waals surface area (Å²) in [6.45, 7) is 4.66. The second-order valence-corrected chi connectivity index (χ2v) is 8.17. The smallest absolute Gasteiger partial charge is 0.261 e. The van der Waals surface area contributed by atoms with Crippen LogP contribution >= 0.6 is 10.7 Å². The first-order valence-corrected chi connectivity index (χ1v) is 8.92. The molecule has 0 heterocycles. The monoisotopic (exact) mass is 315 g/mol. The first kappa shape index (κ1) is 15.3. The first-order chi connectivity index (χ1) is 9.25. The minimum Gasteiger partial charge on any atom is -0.351 e. The SMILES string of the molecule is CCc1ccc(S(=O)(=O)Cl)cc1C(=O)NCC1(C)CC1. The minimum atomic E-state index is -3.82. The van der Waals surface area contributed by atoms with Gasteiger partial charge in [-0.1, -0.05) is 19.9 Å². The Morgan fingerprint density at radius 1 is 1.40 bits per heavy atom. The molecular weight excluding hydrogens is 298 g/mol. The third-order valence-corrected chi connectivity index (χ3v) is 5.12. The van der Waals surface area contributed by atoms with Gasteiger partial charge < -0.3 is 5.32 Å². The first-order valence-electron chi connectivity index (χ1n) is 6.61. The predicted molar refractivity (Wildman–Crippen MR) is 78.5 cm³/mol. The highest BCUT2D eigenvalue weighted by atomic mass is 35.7. The van der Waals surface area contributed by atoms with Gasteiger partial charge in [0.2, 0.25) is 0 Å². The van der Waals surface area contributed by atoms with Crippen molar-refractivity contribution in [2.45, 2.75) is 38.0 Å². The molecule has 1 aromatic carbocycles. The number of carbonyl (C=O) groups is 1. The zero-order valence-electron chi connectivity index (χ0n) is 11.6. The molecule has 1 saturated carbocycles. The summed E-state index contributed by atoms with van der Waals surface area (Å²) in [6, 6.07) is 4.43. The lowest BCUT2D eigenvalue weighted by atomic mass is 10.0. The van der Waals surface area contributed by atoms with Crippen molar-refractivity contribution >= 4 is 25.6 Å². The van der Waals surface area contributed by atoms with Crippen molar-refractivity contribution in [3.8, 4) is 0 Å². The van der Waals surface area contributed by atoms with Gasteiger partial charge in [0.1, 0.15) is 0 Å². The van der Waals surface area contributed by atoms with E-state index in [0.29, 0.717) is 18.5 Å². The molecule has 4 nitrogen and oxygen atoms in total. The van der Waals surface area contributed by atoms with E-state index in [1.54, 1.807) is 6.07 Å². The highest BCUT2D eigenvalue weighted by Crippen LogP contribution is 2.44. The highest BCUT2D eigenvalue weighted by molar-refractivity contribution is 8.13. The number of carbonyl (C=O) groups excluding carboxylic acids is 1. The Balaban J connectivity index is 2.25. The molecule has 1 aliphatic rings. The van der Waals surface area contributed by atoms with Gasteiger partial charge in [-0.3, -0.25) is 4.79 Å². The van der Waals surface area contributed by atoms with Gasteiger partial charge in [0.25, 0.3) is 15.0 Å². The fourth-order valence-electron chi connectivity index (χ4n) is 2.01. The third kappa shape index (κ3) is 3.52. The van der Waals surface area contributed by atoms with Crippen molar-refractivity contribution < 1.29 is 13.2 Å². The van der Waals surface area contributed by atoms with Crippen LogP contribution in [0.3, 0.4) is 0 Å². The summed E-state index contributed by atoms with van der Waals surface area (Å²) in [5, 5.41) is 2.88. The van der Waals surface area contributed by atoms with Crippen molar-refractivity contribution in [1.29, 1.82) is 0 Å². The number of hydrogen-bond donors (Lipinski definition) is 1. The highest BCUT2D eigenvalue weighted by Gasteiger charge is 2.37. The molecule has 1 aliphatic carbocycles. The quantitative estimate of drug-likeness (QED) is 0.850. The maximum absolute atomic E-state index is 12.2. The van der Waals surface area contributed by atoms with Crippen LogP contribution in [0.2, 0.25) is 0 Å². The fraction of sp³-hybridized carbons (Fsp3) is 0.500. The van der Waals surface area contributed by atoms with Crippen LogP contribution in [0.5, 0.6) is 0 Å². The average molecular weight is 316 g/mol. The van der Waals surface area contributed by atoms with Crippen molar-refractivity contribution in [1.82, 2.24) is 5.32 Å². The molecule has 1 fully saturated rings. The summed E-state index contributed by atoms with van der Waals surface area (Å²) in [7, 11) is 1.51.